The van der Waals surface area contributed by atoms with Crippen LogP contribution in [0, 0.1) is 5.92 Å². The summed E-state index contributed by atoms with van der Waals surface area (Å²) in [6.07, 6.45) is 5.64. The summed E-state index contributed by atoms with van der Waals surface area (Å²) in [5.74, 6) is 0.835. The number of hydrogen-bond donors (Lipinski definition) is 1. The lowest BCUT2D eigenvalue weighted by atomic mass is 10.1. The van der Waals surface area contributed by atoms with Gasteiger partial charge in [-0.1, -0.05) is 13.3 Å². The van der Waals surface area contributed by atoms with Crippen molar-refractivity contribution in [2.24, 2.45) is 11.7 Å². The lowest BCUT2D eigenvalue weighted by molar-refractivity contribution is -0.131. The fourth-order valence-electron chi connectivity index (χ4n) is 3.18. The van der Waals surface area contributed by atoms with Crippen molar-refractivity contribution in [2.45, 2.75) is 45.1 Å². The van der Waals surface area contributed by atoms with Crippen LogP contribution >= 0.6 is 12.4 Å². The number of amides is 1. The van der Waals surface area contributed by atoms with Gasteiger partial charge in [0.1, 0.15) is 0 Å². The fraction of sp³-hybridized carbons (Fsp3) is 0.929. The molecule has 0 saturated carbocycles. The molecule has 112 valence electrons. The van der Waals surface area contributed by atoms with Gasteiger partial charge in [-0.3, -0.25) is 4.79 Å². The second kappa shape index (κ2) is 8.08. The molecule has 5 heteroatoms. The molecule has 2 saturated heterocycles. The van der Waals surface area contributed by atoms with Crippen molar-refractivity contribution >= 4 is 18.3 Å². The number of halogens is 1. The van der Waals surface area contributed by atoms with E-state index in [1.165, 1.54) is 32.5 Å². The van der Waals surface area contributed by atoms with Crippen LogP contribution in [-0.4, -0.2) is 54.5 Å². The minimum atomic E-state index is -0.277. The normalized spacial score (nSPS) is 25.4. The number of likely N-dealkylation sites (tertiary alicyclic amines) is 2. The highest BCUT2D eigenvalue weighted by Crippen LogP contribution is 2.20. The van der Waals surface area contributed by atoms with Crippen LogP contribution in [0.5, 0.6) is 0 Å². The average molecular weight is 290 g/mol. The maximum absolute atomic E-state index is 12.1. The largest absolute Gasteiger partial charge is 0.341 e. The summed E-state index contributed by atoms with van der Waals surface area (Å²) in [5.41, 5.74) is 5.91. The third kappa shape index (κ3) is 4.62. The minimum Gasteiger partial charge on any atom is -0.341 e. The van der Waals surface area contributed by atoms with Crippen molar-refractivity contribution in [2.75, 3.05) is 32.7 Å². The smallest absolute Gasteiger partial charge is 0.239 e. The van der Waals surface area contributed by atoms with Crippen molar-refractivity contribution in [3.8, 4) is 0 Å². The van der Waals surface area contributed by atoms with Crippen molar-refractivity contribution in [1.29, 1.82) is 0 Å². The Balaban J connectivity index is 0.00000180. The fourth-order valence-corrected chi connectivity index (χ4v) is 3.18. The second-order valence-electron chi connectivity index (χ2n) is 5.84. The summed E-state index contributed by atoms with van der Waals surface area (Å²) in [6.45, 7) is 7.58. The van der Waals surface area contributed by atoms with Gasteiger partial charge in [-0.15, -0.1) is 12.4 Å². The Bertz CT molecular complexity index is 282. The Morgan fingerprint density at radius 3 is 2.63 bits per heavy atom. The van der Waals surface area contributed by atoms with Crippen molar-refractivity contribution < 1.29 is 4.79 Å². The number of nitrogens with two attached hydrogens (primary N) is 1. The molecule has 2 fully saturated rings. The average Bonchev–Trinajstić information content (AvgIpc) is 3.00. The van der Waals surface area contributed by atoms with Crippen LogP contribution in [0.25, 0.3) is 0 Å². The third-order valence-corrected chi connectivity index (χ3v) is 4.23. The van der Waals surface area contributed by atoms with Gasteiger partial charge in [0.05, 0.1) is 6.04 Å². The predicted octanol–water partition coefficient (Wildman–Crippen LogP) is 1.48. The number of carbonyl (C=O) groups excluding carboxylic acids is 1. The van der Waals surface area contributed by atoms with E-state index >= 15 is 0 Å². The van der Waals surface area contributed by atoms with Crippen molar-refractivity contribution in [3.63, 3.8) is 0 Å². The maximum Gasteiger partial charge on any atom is 0.239 e. The molecule has 19 heavy (non-hydrogen) atoms. The molecule has 2 aliphatic heterocycles. The zero-order valence-electron chi connectivity index (χ0n) is 12.0. The first-order valence-corrected chi connectivity index (χ1v) is 7.47. The van der Waals surface area contributed by atoms with E-state index in [1.54, 1.807) is 0 Å². The van der Waals surface area contributed by atoms with Crippen molar-refractivity contribution in [3.05, 3.63) is 0 Å². The van der Waals surface area contributed by atoms with Gasteiger partial charge in [-0.25, -0.2) is 0 Å². The molecule has 0 radical (unpaired) electrons. The molecule has 0 aromatic carbocycles. The van der Waals surface area contributed by atoms with Gasteiger partial charge in [0, 0.05) is 19.6 Å². The Kier molecular flexibility index (Phi) is 7.11. The van der Waals surface area contributed by atoms with Gasteiger partial charge < -0.3 is 15.5 Å². The molecule has 4 nitrogen and oxygen atoms in total. The molecular formula is C14H28ClN3O. The van der Waals surface area contributed by atoms with Crippen LogP contribution in [0.15, 0.2) is 0 Å². The molecule has 2 rings (SSSR count). The molecule has 2 unspecified atom stereocenters. The van der Waals surface area contributed by atoms with E-state index in [2.05, 4.69) is 11.8 Å². The van der Waals surface area contributed by atoms with Gasteiger partial charge in [-0.05, 0) is 44.7 Å². The molecule has 2 heterocycles. The van der Waals surface area contributed by atoms with Gasteiger partial charge in [-0.2, -0.15) is 0 Å². The zero-order valence-corrected chi connectivity index (χ0v) is 12.8. The van der Waals surface area contributed by atoms with Crippen LogP contribution in [0.2, 0.25) is 0 Å². The molecule has 0 aromatic heterocycles. The minimum absolute atomic E-state index is 0. The number of carbonyl (C=O) groups is 1. The quantitative estimate of drug-likeness (QED) is 0.834. The highest BCUT2D eigenvalue weighted by Gasteiger charge is 2.30. The van der Waals surface area contributed by atoms with E-state index < -0.39 is 0 Å². The molecular weight excluding hydrogens is 262 g/mol. The molecule has 1 amide bonds. The molecule has 0 spiro atoms. The molecule has 0 aliphatic carbocycles. The van der Waals surface area contributed by atoms with Crippen LogP contribution in [0.1, 0.15) is 39.0 Å². The van der Waals surface area contributed by atoms with Gasteiger partial charge in [0.25, 0.3) is 0 Å². The van der Waals surface area contributed by atoms with E-state index in [9.17, 15) is 4.79 Å². The monoisotopic (exact) mass is 289 g/mol. The summed E-state index contributed by atoms with van der Waals surface area (Å²) in [5, 5.41) is 0. The van der Waals surface area contributed by atoms with Gasteiger partial charge >= 0.3 is 0 Å². The molecule has 2 atom stereocenters. The molecule has 0 bridgehead atoms. The van der Waals surface area contributed by atoms with Gasteiger partial charge in [0.2, 0.25) is 5.91 Å². The molecule has 2 N–H and O–H groups in total. The summed E-state index contributed by atoms with van der Waals surface area (Å²) < 4.78 is 0. The lowest BCUT2D eigenvalue weighted by Gasteiger charge is -2.22. The first kappa shape index (κ1) is 16.7. The highest BCUT2D eigenvalue weighted by molar-refractivity contribution is 5.85. The summed E-state index contributed by atoms with van der Waals surface area (Å²) in [7, 11) is 0. The topological polar surface area (TPSA) is 49.6 Å². The van der Waals surface area contributed by atoms with E-state index in [0.29, 0.717) is 5.92 Å². The Labute approximate surface area is 123 Å². The molecule has 2 aliphatic rings. The van der Waals surface area contributed by atoms with Crippen LogP contribution < -0.4 is 5.73 Å². The number of hydrogen-bond acceptors (Lipinski definition) is 3. The third-order valence-electron chi connectivity index (χ3n) is 4.23. The Morgan fingerprint density at radius 1 is 1.32 bits per heavy atom. The van der Waals surface area contributed by atoms with Crippen LogP contribution in [0.3, 0.4) is 0 Å². The van der Waals surface area contributed by atoms with E-state index in [0.717, 1.165) is 32.4 Å². The van der Waals surface area contributed by atoms with Gasteiger partial charge in [0.15, 0.2) is 0 Å². The number of nitrogens with zero attached hydrogens (tertiary/aromatic N) is 2. The summed E-state index contributed by atoms with van der Waals surface area (Å²) in [4.78, 5) is 16.6. The van der Waals surface area contributed by atoms with Crippen LogP contribution in [-0.2, 0) is 4.79 Å². The first-order valence-electron chi connectivity index (χ1n) is 7.47. The van der Waals surface area contributed by atoms with Crippen molar-refractivity contribution in [1.82, 2.24) is 9.80 Å². The first-order chi connectivity index (χ1) is 8.70. The van der Waals surface area contributed by atoms with E-state index in [4.69, 9.17) is 5.73 Å². The van der Waals surface area contributed by atoms with E-state index in [-0.39, 0.29) is 24.4 Å². The predicted molar refractivity (Wildman–Crippen MR) is 80.5 cm³/mol. The lowest BCUT2D eigenvalue weighted by Crippen LogP contribution is -2.43. The Morgan fingerprint density at radius 2 is 2.00 bits per heavy atom. The number of rotatable bonds is 5. The Hall–Kier alpha value is -0.320. The molecule has 0 aromatic rings. The standard InChI is InChI=1S/C14H27N3O.ClH/c1-2-5-13(15)14(18)17-9-6-12(11-17)10-16-7-3-4-8-16;/h12-13H,2-11,15H2,1H3;1H. The SMILES string of the molecule is CCCC(N)C(=O)N1CCC(CN2CCCC2)C1.Cl. The second-order valence-corrected chi connectivity index (χ2v) is 5.84. The summed E-state index contributed by atoms with van der Waals surface area (Å²) in [6, 6.07) is -0.277. The summed E-state index contributed by atoms with van der Waals surface area (Å²) >= 11 is 0. The highest BCUT2D eigenvalue weighted by atomic mass is 35.5. The van der Waals surface area contributed by atoms with E-state index in [1.807, 2.05) is 4.90 Å². The maximum atomic E-state index is 12.1. The van der Waals surface area contributed by atoms with Crippen LogP contribution in [0.4, 0.5) is 0 Å². The zero-order chi connectivity index (χ0) is 13.0.